The molecule has 3 aromatic heterocycles. The van der Waals surface area contributed by atoms with Crippen molar-refractivity contribution in [1.82, 2.24) is 19.6 Å². The van der Waals surface area contributed by atoms with Gasteiger partial charge in [0, 0.05) is 24.6 Å². The van der Waals surface area contributed by atoms with Gasteiger partial charge in [0.1, 0.15) is 5.82 Å². The Balaban J connectivity index is 1.32. The highest BCUT2D eigenvalue weighted by Gasteiger charge is 2.25. The standard InChI is InChI=1S/C22H20N6O/c1-15(21-26-25-20-8-4-5-12-28(20)21)24-19-10-9-17(14-23-19)22(29)27-13-11-16-6-2-3-7-18(16)27/h2-10,12,14-15H,11,13H2,1H3,(H,23,24). The molecular formula is C22H20N6O. The van der Waals surface area contributed by atoms with Gasteiger partial charge in [0.2, 0.25) is 0 Å². The lowest BCUT2D eigenvalue weighted by atomic mass is 10.2. The van der Waals surface area contributed by atoms with Crippen molar-refractivity contribution >= 4 is 23.1 Å². The van der Waals surface area contributed by atoms with E-state index in [0.717, 1.165) is 23.6 Å². The molecule has 29 heavy (non-hydrogen) atoms. The third-order valence-electron chi connectivity index (χ3n) is 5.23. The molecule has 4 heterocycles. The predicted octanol–water partition coefficient (Wildman–Crippen LogP) is 3.50. The van der Waals surface area contributed by atoms with Crippen LogP contribution in [0.25, 0.3) is 5.65 Å². The summed E-state index contributed by atoms with van der Waals surface area (Å²) in [6, 6.07) is 17.4. The van der Waals surface area contributed by atoms with Crippen molar-refractivity contribution in [1.29, 1.82) is 0 Å². The van der Waals surface area contributed by atoms with E-state index in [2.05, 4.69) is 26.6 Å². The van der Waals surface area contributed by atoms with Crippen molar-refractivity contribution in [2.75, 3.05) is 16.8 Å². The molecule has 0 aliphatic carbocycles. The molecule has 0 spiro atoms. The van der Waals surface area contributed by atoms with E-state index in [4.69, 9.17) is 0 Å². The normalized spacial score (nSPS) is 14.0. The highest BCUT2D eigenvalue weighted by Crippen LogP contribution is 2.29. The lowest BCUT2D eigenvalue weighted by Crippen LogP contribution is -2.29. The van der Waals surface area contributed by atoms with E-state index in [1.165, 1.54) is 5.56 Å². The van der Waals surface area contributed by atoms with Crippen LogP contribution in [0.2, 0.25) is 0 Å². The maximum Gasteiger partial charge on any atom is 0.259 e. The highest BCUT2D eigenvalue weighted by atomic mass is 16.2. The summed E-state index contributed by atoms with van der Waals surface area (Å²) in [7, 11) is 0. The summed E-state index contributed by atoms with van der Waals surface area (Å²) >= 11 is 0. The first-order valence-electron chi connectivity index (χ1n) is 9.63. The lowest BCUT2D eigenvalue weighted by molar-refractivity contribution is 0.0989. The number of carbonyl (C=O) groups excluding carboxylic acids is 1. The molecule has 5 rings (SSSR count). The van der Waals surface area contributed by atoms with Crippen LogP contribution in [0.4, 0.5) is 11.5 Å². The molecule has 1 aliphatic rings. The maximum absolute atomic E-state index is 12.9. The molecule has 1 aromatic carbocycles. The fraction of sp³-hybridized carbons (Fsp3) is 0.182. The summed E-state index contributed by atoms with van der Waals surface area (Å²) in [6.45, 7) is 2.71. The number of carbonyl (C=O) groups is 1. The molecule has 7 heteroatoms. The van der Waals surface area contributed by atoms with Crippen molar-refractivity contribution < 1.29 is 4.79 Å². The van der Waals surface area contributed by atoms with Crippen molar-refractivity contribution in [3.63, 3.8) is 0 Å². The van der Waals surface area contributed by atoms with Crippen molar-refractivity contribution in [2.24, 2.45) is 0 Å². The van der Waals surface area contributed by atoms with Crippen molar-refractivity contribution in [3.8, 4) is 0 Å². The summed E-state index contributed by atoms with van der Waals surface area (Å²) in [4.78, 5) is 19.2. The number of hydrogen-bond acceptors (Lipinski definition) is 5. The fourth-order valence-corrected chi connectivity index (χ4v) is 3.75. The van der Waals surface area contributed by atoms with Gasteiger partial charge in [0.25, 0.3) is 5.91 Å². The molecule has 144 valence electrons. The largest absolute Gasteiger partial charge is 0.360 e. The summed E-state index contributed by atoms with van der Waals surface area (Å²) in [5, 5.41) is 11.8. The van der Waals surface area contributed by atoms with E-state index in [1.807, 2.05) is 71.0 Å². The second kappa shape index (κ2) is 7.01. The maximum atomic E-state index is 12.9. The summed E-state index contributed by atoms with van der Waals surface area (Å²) in [5.74, 6) is 1.46. The molecule has 0 fully saturated rings. The molecule has 0 radical (unpaired) electrons. The second-order valence-corrected chi connectivity index (χ2v) is 7.12. The molecule has 1 atom stereocenters. The van der Waals surface area contributed by atoms with Gasteiger partial charge in [-0.1, -0.05) is 24.3 Å². The average Bonchev–Trinajstić information content (AvgIpc) is 3.38. The fourth-order valence-electron chi connectivity index (χ4n) is 3.75. The van der Waals surface area contributed by atoms with Crippen LogP contribution in [0.15, 0.2) is 67.0 Å². The van der Waals surface area contributed by atoms with Crippen LogP contribution in [-0.2, 0) is 6.42 Å². The first-order valence-corrected chi connectivity index (χ1v) is 9.63. The van der Waals surface area contributed by atoms with Crippen LogP contribution in [0.5, 0.6) is 0 Å². The zero-order valence-corrected chi connectivity index (χ0v) is 16.0. The first-order chi connectivity index (χ1) is 14.2. The zero-order chi connectivity index (χ0) is 19.8. The molecular weight excluding hydrogens is 364 g/mol. The Hall–Kier alpha value is -3.74. The summed E-state index contributed by atoms with van der Waals surface area (Å²) in [5.41, 5.74) is 3.58. The number of nitrogens with zero attached hydrogens (tertiary/aromatic N) is 5. The van der Waals surface area contributed by atoms with E-state index in [1.54, 1.807) is 6.20 Å². The average molecular weight is 384 g/mol. The third kappa shape index (κ3) is 3.10. The molecule has 1 aliphatic heterocycles. The minimum Gasteiger partial charge on any atom is -0.360 e. The van der Waals surface area contributed by atoms with E-state index >= 15 is 0 Å². The van der Waals surface area contributed by atoms with Crippen LogP contribution in [-0.4, -0.2) is 32.0 Å². The topological polar surface area (TPSA) is 75.4 Å². The number of aromatic nitrogens is 4. The Morgan fingerprint density at radius 1 is 1.07 bits per heavy atom. The number of rotatable bonds is 4. The van der Waals surface area contributed by atoms with Crippen LogP contribution < -0.4 is 10.2 Å². The lowest BCUT2D eigenvalue weighted by Gasteiger charge is -2.18. The number of anilines is 2. The minimum atomic E-state index is -0.0908. The molecule has 1 amide bonds. The van der Waals surface area contributed by atoms with Gasteiger partial charge in [-0.05, 0) is 49.2 Å². The number of fused-ring (bicyclic) bond motifs is 2. The van der Waals surface area contributed by atoms with Gasteiger partial charge < -0.3 is 10.2 Å². The van der Waals surface area contributed by atoms with Crippen molar-refractivity contribution in [3.05, 3.63) is 83.9 Å². The summed E-state index contributed by atoms with van der Waals surface area (Å²) in [6.07, 6.45) is 4.45. The molecule has 7 nitrogen and oxygen atoms in total. The highest BCUT2D eigenvalue weighted by molar-refractivity contribution is 6.07. The van der Waals surface area contributed by atoms with Crippen molar-refractivity contribution in [2.45, 2.75) is 19.4 Å². The molecule has 4 aromatic rings. The zero-order valence-electron chi connectivity index (χ0n) is 16.0. The van der Waals surface area contributed by atoms with Gasteiger partial charge in [-0.15, -0.1) is 10.2 Å². The second-order valence-electron chi connectivity index (χ2n) is 7.12. The van der Waals surface area contributed by atoms with Gasteiger partial charge in [0.05, 0.1) is 11.6 Å². The number of nitrogens with one attached hydrogen (secondary N) is 1. The van der Waals surface area contributed by atoms with Crippen LogP contribution in [0.1, 0.15) is 34.7 Å². The Kier molecular flexibility index (Phi) is 4.20. The van der Waals surface area contributed by atoms with Gasteiger partial charge in [-0.2, -0.15) is 0 Å². The Bertz CT molecular complexity index is 1180. The number of para-hydroxylation sites is 1. The third-order valence-corrected chi connectivity index (χ3v) is 5.23. The molecule has 0 saturated heterocycles. The SMILES string of the molecule is CC(Nc1ccc(C(=O)N2CCc3ccccc32)cn1)c1nnc2ccccn12. The van der Waals surface area contributed by atoms with Crippen LogP contribution in [0, 0.1) is 0 Å². The van der Waals surface area contributed by atoms with Gasteiger partial charge >= 0.3 is 0 Å². The monoisotopic (exact) mass is 384 g/mol. The number of amides is 1. The Labute approximate surface area is 168 Å². The van der Waals surface area contributed by atoms with Crippen LogP contribution >= 0.6 is 0 Å². The number of pyridine rings is 2. The number of hydrogen-bond donors (Lipinski definition) is 1. The Morgan fingerprint density at radius 3 is 2.79 bits per heavy atom. The van der Waals surface area contributed by atoms with E-state index < -0.39 is 0 Å². The smallest absolute Gasteiger partial charge is 0.259 e. The molecule has 0 bridgehead atoms. The number of benzene rings is 1. The first kappa shape index (κ1) is 17.4. The van der Waals surface area contributed by atoms with Crippen LogP contribution in [0.3, 0.4) is 0 Å². The minimum absolute atomic E-state index is 0.0227. The predicted molar refractivity (Wildman–Crippen MR) is 111 cm³/mol. The molecule has 1 N–H and O–H groups in total. The van der Waals surface area contributed by atoms with Gasteiger partial charge in [-0.25, -0.2) is 4.98 Å². The van der Waals surface area contributed by atoms with Gasteiger partial charge in [0.15, 0.2) is 11.5 Å². The van der Waals surface area contributed by atoms with E-state index in [0.29, 0.717) is 17.9 Å². The molecule has 0 saturated carbocycles. The Morgan fingerprint density at radius 2 is 1.93 bits per heavy atom. The van der Waals surface area contributed by atoms with E-state index in [-0.39, 0.29) is 11.9 Å². The van der Waals surface area contributed by atoms with Gasteiger partial charge in [-0.3, -0.25) is 9.20 Å². The quantitative estimate of drug-likeness (QED) is 0.583. The molecule has 1 unspecified atom stereocenters. The van der Waals surface area contributed by atoms with E-state index in [9.17, 15) is 4.79 Å². The summed E-state index contributed by atoms with van der Waals surface area (Å²) < 4.78 is 1.94.